The van der Waals surface area contributed by atoms with Gasteiger partial charge in [-0.1, -0.05) is 12.1 Å². The summed E-state index contributed by atoms with van der Waals surface area (Å²) >= 11 is 0. The Balaban J connectivity index is 1.78. The molecule has 1 saturated carbocycles. The van der Waals surface area contributed by atoms with Gasteiger partial charge in [-0.25, -0.2) is 0 Å². The summed E-state index contributed by atoms with van der Waals surface area (Å²) in [5.41, 5.74) is 1.49. The molecule has 0 aliphatic heterocycles. The molecule has 5 nitrogen and oxygen atoms in total. The van der Waals surface area contributed by atoms with Gasteiger partial charge in [-0.15, -0.1) is 0 Å². The summed E-state index contributed by atoms with van der Waals surface area (Å²) in [6, 6.07) is 9.71. The monoisotopic (exact) mass is 313 g/mol. The Morgan fingerprint density at radius 1 is 1.43 bits per heavy atom. The molecule has 122 valence electrons. The first-order valence-corrected chi connectivity index (χ1v) is 8.02. The lowest BCUT2D eigenvalue weighted by Gasteiger charge is -2.26. The van der Waals surface area contributed by atoms with Crippen molar-refractivity contribution in [1.29, 1.82) is 5.26 Å². The van der Waals surface area contributed by atoms with Crippen LogP contribution in [0.25, 0.3) is 0 Å². The molecule has 0 radical (unpaired) electrons. The normalized spacial score (nSPS) is 23.2. The van der Waals surface area contributed by atoms with E-state index in [4.69, 9.17) is 5.26 Å². The molecule has 23 heavy (non-hydrogen) atoms. The lowest BCUT2D eigenvalue weighted by molar-refractivity contribution is -0.122. The molecule has 1 aliphatic carbocycles. The number of aldehydes is 1. The zero-order chi connectivity index (χ0) is 16.7. The molecule has 0 heterocycles. The molecule has 2 unspecified atom stereocenters. The first-order chi connectivity index (χ1) is 11.0. The number of carbonyl (C=O) groups is 2. The van der Waals surface area contributed by atoms with E-state index in [1.807, 2.05) is 12.1 Å². The van der Waals surface area contributed by atoms with Gasteiger partial charge in [-0.2, -0.15) is 5.26 Å². The topological polar surface area (TPSA) is 82.0 Å². The molecular formula is C18H23N3O2. The Labute approximate surface area is 137 Å². The summed E-state index contributed by atoms with van der Waals surface area (Å²) in [6.45, 7) is 2.43. The van der Waals surface area contributed by atoms with E-state index in [0.29, 0.717) is 31.0 Å². The molecule has 0 bridgehead atoms. The van der Waals surface area contributed by atoms with Crippen molar-refractivity contribution in [2.24, 2.45) is 0 Å². The quantitative estimate of drug-likeness (QED) is 0.751. The van der Waals surface area contributed by atoms with E-state index in [1.54, 1.807) is 12.1 Å². The summed E-state index contributed by atoms with van der Waals surface area (Å²) in [5.74, 6) is 0.0490. The van der Waals surface area contributed by atoms with Gasteiger partial charge in [0.15, 0.2) is 0 Å². The van der Waals surface area contributed by atoms with Crippen molar-refractivity contribution < 1.29 is 9.59 Å². The van der Waals surface area contributed by atoms with E-state index in [9.17, 15) is 9.59 Å². The number of nitriles is 1. The minimum absolute atomic E-state index is 0.0490. The van der Waals surface area contributed by atoms with E-state index in [1.165, 1.54) is 0 Å². The number of amides is 1. The number of nitrogens with zero attached hydrogens (tertiary/aromatic N) is 1. The van der Waals surface area contributed by atoms with Crippen molar-refractivity contribution in [1.82, 2.24) is 10.6 Å². The third-order valence-corrected chi connectivity index (χ3v) is 4.40. The number of rotatable bonds is 7. The molecule has 2 rings (SSSR count). The molecule has 5 heteroatoms. The summed E-state index contributed by atoms with van der Waals surface area (Å²) in [7, 11) is 0. The Bertz CT molecular complexity index is 591. The van der Waals surface area contributed by atoms with Crippen LogP contribution in [0, 0.1) is 11.3 Å². The van der Waals surface area contributed by atoms with Gasteiger partial charge >= 0.3 is 0 Å². The van der Waals surface area contributed by atoms with Crippen molar-refractivity contribution in [2.75, 3.05) is 6.54 Å². The predicted molar refractivity (Wildman–Crippen MR) is 87.7 cm³/mol. The van der Waals surface area contributed by atoms with Gasteiger partial charge in [0.2, 0.25) is 5.91 Å². The Kier molecular flexibility index (Phi) is 5.89. The molecule has 1 aromatic rings. The highest BCUT2D eigenvalue weighted by molar-refractivity contribution is 5.77. The van der Waals surface area contributed by atoms with E-state index in [-0.39, 0.29) is 11.4 Å². The average molecular weight is 313 g/mol. The fourth-order valence-electron chi connectivity index (χ4n) is 3.15. The van der Waals surface area contributed by atoms with Crippen LogP contribution in [0.5, 0.6) is 0 Å². The highest BCUT2D eigenvalue weighted by Gasteiger charge is 2.35. The Morgan fingerprint density at radius 2 is 2.17 bits per heavy atom. The fourth-order valence-corrected chi connectivity index (χ4v) is 3.15. The number of aryl methyl sites for hydroxylation is 1. The summed E-state index contributed by atoms with van der Waals surface area (Å²) in [6.07, 6.45) is 4.72. The molecule has 1 fully saturated rings. The minimum atomic E-state index is -0.192. The van der Waals surface area contributed by atoms with E-state index in [2.05, 4.69) is 23.6 Å². The number of benzene rings is 1. The van der Waals surface area contributed by atoms with Gasteiger partial charge in [0, 0.05) is 18.0 Å². The standard InChI is InChI=1S/C18H23N3O2/c1-18(9-8-16(12-18)20-10-11-22)21-17(23)7-6-14-2-4-15(13-19)5-3-14/h2-5,11,16,20H,6-10,12H2,1H3,(H,21,23). The highest BCUT2D eigenvalue weighted by atomic mass is 16.1. The van der Waals surface area contributed by atoms with Crippen molar-refractivity contribution in [2.45, 2.75) is 50.6 Å². The zero-order valence-electron chi connectivity index (χ0n) is 13.5. The zero-order valence-corrected chi connectivity index (χ0v) is 13.5. The van der Waals surface area contributed by atoms with Crippen molar-refractivity contribution in [3.05, 3.63) is 35.4 Å². The lowest BCUT2D eigenvalue weighted by atomic mass is 9.99. The van der Waals surface area contributed by atoms with Crippen LogP contribution in [0.4, 0.5) is 0 Å². The average Bonchev–Trinajstić information content (AvgIpc) is 2.92. The molecular weight excluding hydrogens is 290 g/mol. The smallest absolute Gasteiger partial charge is 0.220 e. The maximum absolute atomic E-state index is 12.2. The highest BCUT2D eigenvalue weighted by Crippen LogP contribution is 2.29. The van der Waals surface area contributed by atoms with Gasteiger partial charge in [0.25, 0.3) is 0 Å². The maximum atomic E-state index is 12.2. The first-order valence-electron chi connectivity index (χ1n) is 8.02. The number of carbonyl (C=O) groups excluding carboxylic acids is 2. The Hall–Kier alpha value is -2.19. The van der Waals surface area contributed by atoms with Crippen LogP contribution >= 0.6 is 0 Å². The SMILES string of the molecule is CC1(NC(=O)CCc2ccc(C#N)cc2)CCC(NCC=O)C1. The van der Waals surface area contributed by atoms with E-state index in [0.717, 1.165) is 31.1 Å². The van der Waals surface area contributed by atoms with Crippen molar-refractivity contribution in [3.63, 3.8) is 0 Å². The van der Waals surface area contributed by atoms with Crippen LogP contribution in [0.1, 0.15) is 43.7 Å². The largest absolute Gasteiger partial charge is 0.351 e. The second-order valence-corrected chi connectivity index (χ2v) is 6.43. The second kappa shape index (κ2) is 7.89. The molecule has 1 amide bonds. The van der Waals surface area contributed by atoms with Crippen LogP contribution in [-0.4, -0.2) is 30.3 Å². The van der Waals surface area contributed by atoms with Gasteiger partial charge < -0.3 is 15.4 Å². The fraction of sp³-hybridized carbons (Fsp3) is 0.500. The molecule has 2 N–H and O–H groups in total. The number of hydrogen-bond acceptors (Lipinski definition) is 4. The minimum Gasteiger partial charge on any atom is -0.351 e. The lowest BCUT2D eigenvalue weighted by Crippen LogP contribution is -2.45. The second-order valence-electron chi connectivity index (χ2n) is 6.43. The van der Waals surface area contributed by atoms with Gasteiger partial charge in [-0.05, 0) is 50.3 Å². The van der Waals surface area contributed by atoms with Crippen LogP contribution < -0.4 is 10.6 Å². The van der Waals surface area contributed by atoms with Gasteiger partial charge in [-0.3, -0.25) is 4.79 Å². The molecule has 0 spiro atoms. The summed E-state index contributed by atoms with van der Waals surface area (Å²) in [5, 5.41) is 15.1. The molecule has 1 aliphatic rings. The summed E-state index contributed by atoms with van der Waals surface area (Å²) < 4.78 is 0. The predicted octanol–water partition coefficient (Wildman–Crippen LogP) is 1.71. The first kappa shape index (κ1) is 17.2. The molecule has 2 atom stereocenters. The third kappa shape index (κ3) is 5.19. The van der Waals surface area contributed by atoms with Gasteiger partial charge in [0.1, 0.15) is 6.29 Å². The van der Waals surface area contributed by atoms with Crippen molar-refractivity contribution in [3.8, 4) is 6.07 Å². The van der Waals surface area contributed by atoms with Crippen LogP contribution in [0.15, 0.2) is 24.3 Å². The molecule has 0 aromatic heterocycles. The number of hydrogen-bond donors (Lipinski definition) is 2. The van der Waals surface area contributed by atoms with Crippen LogP contribution in [0.2, 0.25) is 0 Å². The van der Waals surface area contributed by atoms with E-state index >= 15 is 0 Å². The van der Waals surface area contributed by atoms with Crippen molar-refractivity contribution >= 4 is 12.2 Å². The van der Waals surface area contributed by atoms with Crippen LogP contribution in [0.3, 0.4) is 0 Å². The third-order valence-electron chi connectivity index (χ3n) is 4.40. The summed E-state index contributed by atoms with van der Waals surface area (Å²) in [4.78, 5) is 22.6. The number of nitrogens with one attached hydrogen (secondary N) is 2. The van der Waals surface area contributed by atoms with Gasteiger partial charge in [0.05, 0.1) is 18.2 Å². The molecule has 0 saturated heterocycles. The van der Waals surface area contributed by atoms with Crippen LogP contribution in [-0.2, 0) is 16.0 Å². The van der Waals surface area contributed by atoms with E-state index < -0.39 is 0 Å². The molecule has 1 aromatic carbocycles. The maximum Gasteiger partial charge on any atom is 0.220 e. The Morgan fingerprint density at radius 3 is 2.83 bits per heavy atom.